The smallest absolute Gasteiger partial charge is 0.440 e. The molecule has 1 aromatic heterocycles. The molecule has 0 aliphatic carbocycles. The maximum Gasteiger partial charge on any atom is 1.00 e. The Labute approximate surface area is 77.2 Å². The molecule has 0 atom stereocenters. The van der Waals surface area contributed by atoms with Crippen molar-refractivity contribution in [3.05, 3.63) is 30.1 Å². The molecule has 0 aliphatic heterocycles. The fraction of sp³-hybridized carbons (Fsp3) is 0.125. The number of aryl methyl sites for hydroxylation is 1. The maximum absolute atomic E-state index is 4.20. The predicted octanol–water partition coefficient (Wildman–Crippen LogP) is -1.50. The van der Waals surface area contributed by atoms with Gasteiger partial charge in [-0.3, -0.25) is 0 Å². The van der Waals surface area contributed by atoms with Gasteiger partial charge in [-0.05, 0) is 18.0 Å². The van der Waals surface area contributed by atoms with Crippen molar-refractivity contribution in [1.29, 1.82) is 0 Å². The van der Waals surface area contributed by atoms with Crippen LogP contribution in [0, 0.1) is 6.92 Å². The maximum atomic E-state index is 4.20. The fourth-order valence-electron chi connectivity index (χ4n) is 1.03. The first-order valence-electron chi connectivity index (χ1n) is 3.22. The third kappa shape index (κ3) is 1.47. The van der Waals surface area contributed by atoms with Crippen LogP contribution in [0.3, 0.4) is 0 Å². The zero-order valence-electron chi connectivity index (χ0n) is 6.70. The van der Waals surface area contributed by atoms with Gasteiger partial charge in [0.2, 0.25) is 0 Å². The van der Waals surface area contributed by atoms with Crippen LogP contribution in [0.25, 0.3) is 11.0 Å². The molecule has 0 unspecified atom stereocenters. The van der Waals surface area contributed by atoms with Gasteiger partial charge in [0.05, 0.1) is 0 Å². The van der Waals surface area contributed by atoms with E-state index < -0.39 is 0 Å². The molecule has 0 fully saturated rings. The van der Waals surface area contributed by atoms with E-state index in [1.807, 2.05) is 31.2 Å². The van der Waals surface area contributed by atoms with Gasteiger partial charge < -0.3 is 9.97 Å². The monoisotopic (exact) mass is 138 g/mol. The zero-order valence-corrected chi connectivity index (χ0v) is 6.70. The second kappa shape index (κ2) is 3.12. The van der Waals surface area contributed by atoms with Crippen LogP contribution in [0.2, 0.25) is 0 Å². The van der Waals surface area contributed by atoms with Crippen molar-refractivity contribution < 1.29 is 18.9 Å². The Morgan fingerprint density at radius 2 is 2.00 bits per heavy atom. The van der Waals surface area contributed by atoms with Crippen LogP contribution >= 0.6 is 0 Å². The molecule has 0 saturated carbocycles. The molecule has 0 aliphatic rings. The zero-order chi connectivity index (χ0) is 6.97. The first kappa shape index (κ1) is 8.38. The van der Waals surface area contributed by atoms with Gasteiger partial charge >= 0.3 is 18.9 Å². The van der Waals surface area contributed by atoms with Gasteiger partial charge in [-0.25, -0.2) is 0 Å². The second-order valence-corrected chi connectivity index (χ2v) is 2.26. The molecule has 1 aromatic carbocycles. The van der Waals surface area contributed by atoms with Crippen LogP contribution in [0.4, 0.5) is 0 Å². The molecule has 0 radical (unpaired) electrons. The molecule has 50 valence electrons. The van der Waals surface area contributed by atoms with Crippen LogP contribution in [0.1, 0.15) is 5.82 Å². The minimum atomic E-state index is 0. The van der Waals surface area contributed by atoms with Crippen molar-refractivity contribution in [2.75, 3.05) is 0 Å². The van der Waals surface area contributed by atoms with Crippen molar-refractivity contribution in [1.82, 2.24) is 9.97 Å². The molecular formula is C8H7LiN2. The largest absolute Gasteiger partial charge is 1.00 e. The van der Waals surface area contributed by atoms with Gasteiger partial charge in [0.25, 0.3) is 0 Å². The van der Waals surface area contributed by atoms with Crippen molar-refractivity contribution in [3.63, 3.8) is 0 Å². The SMILES string of the molecule is Cc1nc2ccccc2[n-]1.[Li+]. The number of hydrogen-bond acceptors (Lipinski definition) is 1. The molecule has 0 amide bonds. The van der Waals surface area contributed by atoms with E-state index in [-0.39, 0.29) is 18.9 Å². The first-order valence-corrected chi connectivity index (χ1v) is 3.22. The second-order valence-electron chi connectivity index (χ2n) is 2.26. The average molecular weight is 138 g/mol. The number of imidazole rings is 1. The molecule has 11 heavy (non-hydrogen) atoms. The molecule has 0 N–H and O–H groups in total. The Morgan fingerprint density at radius 3 is 2.73 bits per heavy atom. The van der Waals surface area contributed by atoms with E-state index in [0.717, 1.165) is 16.9 Å². The number of fused-ring (bicyclic) bond motifs is 1. The Morgan fingerprint density at radius 1 is 1.27 bits per heavy atom. The average Bonchev–Trinajstić information content (AvgIpc) is 2.27. The molecule has 1 heterocycles. The summed E-state index contributed by atoms with van der Waals surface area (Å²) >= 11 is 0. The minimum absolute atomic E-state index is 0. The normalized spacial score (nSPS) is 9.55. The van der Waals surface area contributed by atoms with E-state index in [4.69, 9.17) is 0 Å². The van der Waals surface area contributed by atoms with Crippen LogP contribution in [-0.2, 0) is 0 Å². The number of hydrogen-bond donors (Lipinski definition) is 0. The summed E-state index contributed by atoms with van der Waals surface area (Å²) in [5, 5.41) is 0. The molecule has 0 spiro atoms. The van der Waals surface area contributed by atoms with Crippen LogP contribution in [-0.4, -0.2) is 4.98 Å². The Kier molecular flexibility index (Phi) is 2.38. The van der Waals surface area contributed by atoms with Gasteiger partial charge in [0.1, 0.15) is 0 Å². The quantitative estimate of drug-likeness (QED) is 0.414. The number of aromatic nitrogens is 2. The Bertz CT molecular complexity index is 321. The molecule has 2 aromatic rings. The van der Waals surface area contributed by atoms with E-state index in [9.17, 15) is 0 Å². The number of rotatable bonds is 0. The third-order valence-electron chi connectivity index (χ3n) is 1.45. The summed E-state index contributed by atoms with van der Waals surface area (Å²) in [6.07, 6.45) is 0. The first-order chi connectivity index (χ1) is 4.86. The third-order valence-corrected chi connectivity index (χ3v) is 1.45. The Balaban J connectivity index is 0.000000605. The summed E-state index contributed by atoms with van der Waals surface area (Å²) in [5.41, 5.74) is 1.97. The summed E-state index contributed by atoms with van der Waals surface area (Å²) in [4.78, 5) is 8.40. The number of benzene rings is 1. The van der Waals surface area contributed by atoms with Gasteiger partial charge in [-0.2, -0.15) is 0 Å². The minimum Gasteiger partial charge on any atom is -0.440 e. The van der Waals surface area contributed by atoms with Crippen LogP contribution in [0.15, 0.2) is 24.3 Å². The van der Waals surface area contributed by atoms with Crippen molar-refractivity contribution in [2.24, 2.45) is 0 Å². The fourth-order valence-corrected chi connectivity index (χ4v) is 1.03. The van der Waals surface area contributed by atoms with Gasteiger partial charge in [-0.15, -0.1) is 0 Å². The molecule has 0 saturated heterocycles. The van der Waals surface area contributed by atoms with Gasteiger partial charge in [0, 0.05) is 0 Å². The number of nitrogens with zero attached hydrogens (tertiary/aromatic N) is 2. The summed E-state index contributed by atoms with van der Waals surface area (Å²) in [6, 6.07) is 7.87. The van der Waals surface area contributed by atoms with Crippen molar-refractivity contribution in [2.45, 2.75) is 6.92 Å². The predicted molar refractivity (Wildman–Crippen MR) is 39.8 cm³/mol. The number of para-hydroxylation sites is 2. The van der Waals surface area contributed by atoms with E-state index in [1.165, 1.54) is 0 Å². The van der Waals surface area contributed by atoms with Crippen molar-refractivity contribution in [3.8, 4) is 0 Å². The summed E-state index contributed by atoms with van der Waals surface area (Å²) in [6.45, 7) is 1.90. The molecule has 0 bridgehead atoms. The molecule has 3 heteroatoms. The van der Waals surface area contributed by atoms with Crippen LogP contribution < -0.4 is 23.8 Å². The van der Waals surface area contributed by atoms with E-state index in [0.29, 0.717) is 0 Å². The molecule has 2 rings (SSSR count). The van der Waals surface area contributed by atoms with E-state index >= 15 is 0 Å². The van der Waals surface area contributed by atoms with Gasteiger partial charge in [0.15, 0.2) is 0 Å². The molecular weight excluding hydrogens is 131 g/mol. The summed E-state index contributed by atoms with van der Waals surface area (Å²) < 4.78 is 0. The standard InChI is InChI=1S/C8H7N2.Li/c1-6-9-7-4-2-3-5-8(7)10-6;/h2-5H,1H3;/q-1;+1. The van der Waals surface area contributed by atoms with Crippen LogP contribution in [0.5, 0.6) is 0 Å². The van der Waals surface area contributed by atoms with E-state index in [1.54, 1.807) is 0 Å². The summed E-state index contributed by atoms with van der Waals surface area (Å²) in [5.74, 6) is 0.848. The topological polar surface area (TPSA) is 27.0 Å². The summed E-state index contributed by atoms with van der Waals surface area (Å²) in [7, 11) is 0. The Hall–Kier alpha value is -0.713. The van der Waals surface area contributed by atoms with E-state index in [2.05, 4.69) is 9.97 Å². The van der Waals surface area contributed by atoms with Gasteiger partial charge in [-0.1, -0.05) is 30.1 Å². The molecule has 2 nitrogen and oxygen atoms in total. The van der Waals surface area contributed by atoms with Crippen molar-refractivity contribution >= 4 is 11.0 Å².